The molecule has 0 aliphatic heterocycles. The maximum Gasteiger partial charge on any atom is 0.306 e. The third-order valence-electron chi connectivity index (χ3n) is 11.2. The minimum Gasteiger partial charge on any atom is -0.462 e. The van der Waals surface area contributed by atoms with E-state index < -0.39 is 6.10 Å². The van der Waals surface area contributed by atoms with Crippen molar-refractivity contribution in [1.82, 2.24) is 0 Å². The molecule has 0 aromatic carbocycles. The van der Waals surface area contributed by atoms with Gasteiger partial charge < -0.3 is 14.2 Å². The largest absolute Gasteiger partial charge is 0.462 e. The number of unbranched alkanes of at least 4 members (excludes halogenated alkanes) is 31. The minimum atomic E-state index is -0.771. The van der Waals surface area contributed by atoms with Crippen LogP contribution in [-0.4, -0.2) is 37.2 Å². The first-order valence-corrected chi connectivity index (χ1v) is 25.3. The Morgan fingerprint density at radius 3 is 1.02 bits per heavy atom. The van der Waals surface area contributed by atoms with Gasteiger partial charge in [0, 0.05) is 19.3 Å². The Balaban J connectivity index is 4.35. The van der Waals surface area contributed by atoms with Crippen LogP contribution in [0.25, 0.3) is 0 Å². The lowest BCUT2D eigenvalue weighted by Crippen LogP contribution is -2.30. The zero-order valence-electron chi connectivity index (χ0n) is 38.8. The van der Waals surface area contributed by atoms with Gasteiger partial charge in [0.05, 0.1) is 0 Å². The lowest BCUT2D eigenvalue weighted by Gasteiger charge is -2.18. The first kappa shape index (κ1) is 55.9. The molecular weight excluding hydrogens is 721 g/mol. The van der Waals surface area contributed by atoms with Crippen LogP contribution >= 0.6 is 0 Å². The van der Waals surface area contributed by atoms with E-state index in [1.54, 1.807) is 0 Å². The van der Waals surface area contributed by atoms with Crippen molar-refractivity contribution in [3.8, 4) is 0 Å². The molecule has 0 rings (SSSR count). The Bertz CT molecular complexity index is 942. The lowest BCUT2D eigenvalue weighted by atomic mass is 10.0. The first-order chi connectivity index (χ1) is 28.5. The van der Waals surface area contributed by atoms with Crippen molar-refractivity contribution in [2.45, 2.75) is 277 Å². The Morgan fingerprint density at radius 2 is 0.655 bits per heavy atom. The number of hydrogen-bond donors (Lipinski definition) is 0. The molecule has 0 aliphatic rings. The second-order valence-corrected chi connectivity index (χ2v) is 17.1. The fraction of sp³-hybridized carbons (Fsp3) is 0.865. The van der Waals surface area contributed by atoms with Gasteiger partial charge in [-0.05, 0) is 44.9 Å². The Labute approximate surface area is 360 Å². The van der Waals surface area contributed by atoms with E-state index in [0.717, 1.165) is 89.9 Å². The number of carbonyl (C=O) groups is 3. The molecule has 1 atom stereocenters. The van der Waals surface area contributed by atoms with E-state index in [1.165, 1.54) is 141 Å². The van der Waals surface area contributed by atoms with E-state index >= 15 is 0 Å². The summed E-state index contributed by atoms with van der Waals surface area (Å²) in [5, 5.41) is 0. The van der Waals surface area contributed by atoms with Gasteiger partial charge in [-0.3, -0.25) is 14.4 Å². The average Bonchev–Trinajstić information content (AvgIpc) is 3.22. The second-order valence-electron chi connectivity index (χ2n) is 17.1. The van der Waals surface area contributed by atoms with Crippen LogP contribution in [0.5, 0.6) is 0 Å². The molecule has 6 heteroatoms. The van der Waals surface area contributed by atoms with Gasteiger partial charge in [0.25, 0.3) is 0 Å². The Hall–Kier alpha value is -2.11. The highest BCUT2D eigenvalue weighted by atomic mass is 16.6. The molecule has 0 N–H and O–H groups in total. The Morgan fingerprint density at radius 1 is 0.345 bits per heavy atom. The number of ether oxygens (including phenoxy) is 3. The topological polar surface area (TPSA) is 78.9 Å². The maximum absolute atomic E-state index is 12.8. The molecule has 0 fully saturated rings. The number of rotatable bonds is 46. The molecule has 340 valence electrons. The van der Waals surface area contributed by atoms with Crippen LogP contribution in [0.4, 0.5) is 0 Å². The summed E-state index contributed by atoms with van der Waals surface area (Å²) in [6.07, 6.45) is 53.0. The van der Waals surface area contributed by atoms with Crippen molar-refractivity contribution < 1.29 is 28.6 Å². The van der Waals surface area contributed by atoms with Gasteiger partial charge in [-0.25, -0.2) is 0 Å². The van der Waals surface area contributed by atoms with E-state index in [-0.39, 0.29) is 31.1 Å². The highest BCUT2D eigenvalue weighted by Crippen LogP contribution is 2.16. The van der Waals surface area contributed by atoms with Crippen molar-refractivity contribution in [1.29, 1.82) is 0 Å². The van der Waals surface area contributed by atoms with Crippen molar-refractivity contribution in [2.75, 3.05) is 13.2 Å². The molecule has 58 heavy (non-hydrogen) atoms. The van der Waals surface area contributed by atoms with Crippen LogP contribution in [0.3, 0.4) is 0 Å². The minimum absolute atomic E-state index is 0.0723. The molecule has 6 nitrogen and oxygen atoms in total. The zero-order chi connectivity index (χ0) is 42.3. The normalized spacial score (nSPS) is 12.1. The molecule has 0 aliphatic carbocycles. The average molecular weight is 817 g/mol. The maximum atomic E-state index is 12.8. The molecule has 0 bridgehead atoms. The summed E-state index contributed by atoms with van der Waals surface area (Å²) in [6.45, 7) is 6.58. The summed E-state index contributed by atoms with van der Waals surface area (Å²) in [4.78, 5) is 37.9. The van der Waals surface area contributed by atoms with Crippen molar-refractivity contribution in [2.24, 2.45) is 0 Å². The molecule has 0 amide bonds. The fourth-order valence-corrected chi connectivity index (χ4v) is 7.36. The summed E-state index contributed by atoms with van der Waals surface area (Å²) in [7, 11) is 0. The van der Waals surface area contributed by atoms with Crippen LogP contribution in [0, 0.1) is 0 Å². The highest BCUT2D eigenvalue weighted by molar-refractivity contribution is 5.71. The zero-order valence-corrected chi connectivity index (χ0v) is 38.8. The van der Waals surface area contributed by atoms with Gasteiger partial charge in [-0.15, -0.1) is 0 Å². The summed E-state index contributed by atoms with van der Waals surface area (Å²) in [6, 6.07) is 0. The smallest absolute Gasteiger partial charge is 0.306 e. The molecular formula is C52H96O6. The molecule has 0 saturated heterocycles. The number of esters is 3. The van der Waals surface area contributed by atoms with Gasteiger partial charge in [-0.1, -0.05) is 231 Å². The molecule has 0 spiro atoms. The monoisotopic (exact) mass is 817 g/mol. The Kier molecular flexibility index (Phi) is 45.8. The van der Waals surface area contributed by atoms with Crippen molar-refractivity contribution in [3.63, 3.8) is 0 Å². The molecule has 0 radical (unpaired) electrons. The van der Waals surface area contributed by atoms with E-state index in [4.69, 9.17) is 14.2 Å². The molecule has 0 aromatic rings. The number of allylic oxidation sites excluding steroid dienone is 4. The summed E-state index contributed by atoms with van der Waals surface area (Å²) in [5.41, 5.74) is 0. The quantitative estimate of drug-likeness (QED) is 0.0263. The summed E-state index contributed by atoms with van der Waals surface area (Å²) >= 11 is 0. The SMILES string of the molecule is CCC/C=C\C/C=C\CCCCCCCC(=O)OC(COC(=O)CCCCCCCCCCCCCCC)COC(=O)CCCCCCCCCCCCCCCC. The van der Waals surface area contributed by atoms with E-state index in [0.29, 0.717) is 19.3 Å². The molecule has 1 unspecified atom stereocenters. The number of carbonyl (C=O) groups excluding carboxylic acids is 3. The van der Waals surface area contributed by atoms with Gasteiger partial charge in [-0.2, -0.15) is 0 Å². The van der Waals surface area contributed by atoms with E-state index in [1.807, 2.05) is 0 Å². The van der Waals surface area contributed by atoms with Crippen molar-refractivity contribution >= 4 is 17.9 Å². The second kappa shape index (κ2) is 47.6. The highest BCUT2D eigenvalue weighted by Gasteiger charge is 2.19. The fourth-order valence-electron chi connectivity index (χ4n) is 7.36. The predicted molar refractivity (Wildman–Crippen MR) is 247 cm³/mol. The van der Waals surface area contributed by atoms with Crippen LogP contribution in [0.1, 0.15) is 271 Å². The van der Waals surface area contributed by atoms with Crippen LogP contribution in [0.2, 0.25) is 0 Å². The lowest BCUT2D eigenvalue weighted by molar-refractivity contribution is -0.167. The molecule has 0 aromatic heterocycles. The van der Waals surface area contributed by atoms with Gasteiger partial charge in [0.15, 0.2) is 6.10 Å². The standard InChI is InChI=1S/C52H96O6/c1-4-7-10-13-16-19-22-25-28-30-33-36-39-42-45-51(54)57-48-49(58-52(55)46-43-40-37-34-31-27-24-21-18-15-12-9-6-3)47-56-50(53)44-41-38-35-32-29-26-23-20-17-14-11-8-5-2/h12,15,21,24,49H,4-11,13-14,16-20,22-23,25-48H2,1-3H3/b15-12-,24-21-. The molecule has 0 heterocycles. The van der Waals surface area contributed by atoms with Gasteiger partial charge in [0.2, 0.25) is 0 Å². The van der Waals surface area contributed by atoms with E-state index in [9.17, 15) is 14.4 Å². The van der Waals surface area contributed by atoms with Crippen molar-refractivity contribution in [3.05, 3.63) is 24.3 Å². The third kappa shape index (κ3) is 45.0. The third-order valence-corrected chi connectivity index (χ3v) is 11.2. The number of hydrogen-bond acceptors (Lipinski definition) is 6. The first-order valence-electron chi connectivity index (χ1n) is 25.3. The van der Waals surface area contributed by atoms with Gasteiger partial charge >= 0.3 is 17.9 Å². The summed E-state index contributed by atoms with van der Waals surface area (Å²) < 4.78 is 16.8. The predicted octanol–water partition coefficient (Wildman–Crippen LogP) is 16.4. The van der Waals surface area contributed by atoms with Crippen LogP contribution < -0.4 is 0 Å². The van der Waals surface area contributed by atoms with Gasteiger partial charge in [0.1, 0.15) is 13.2 Å². The van der Waals surface area contributed by atoms with Crippen LogP contribution in [0.15, 0.2) is 24.3 Å². The molecule has 0 saturated carbocycles. The summed E-state index contributed by atoms with van der Waals surface area (Å²) in [5.74, 6) is -0.874. The van der Waals surface area contributed by atoms with Crippen LogP contribution in [-0.2, 0) is 28.6 Å². The van der Waals surface area contributed by atoms with E-state index in [2.05, 4.69) is 45.1 Å².